The van der Waals surface area contributed by atoms with E-state index in [2.05, 4.69) is 57.5 Å². The first kappa shape index (κ1) is 22.3. The minimum Gasteiger partial charge on any atom is -0.356 e. The fourth-order valence-corrected chi connectivity index (χ4v) is 6.82. The number of rotatable bonds is 5. The molecule has 34 heavy (non-hydrogen) atoms. The Kier molecular flexibility index (Phi) is 5.95. The van der Waals surface area contributed by atoms with Crippen LogP contribution < -0.4 is 15.5 Å². The minimum atomic E-state index is 0.122. The van der Waals surface area contributed by atoms with Gasteiger partial charge in [-0.1, -0.05) is 30.3 Å². The van der Waals surface area contributed by atoms with Crippen LogP contribution >= 0.6 is 11.3 Å². The Hall–Kier alpha value is -2.22. The van der Waals surface area contributed by atoms with Gasteiger partial charge in [0.15, 0.2) is 0 Å². The lowest BCUT2D eigenvalue weighted by Crippen LogP contribution is -2.49. The maximum absolute atomic E-state index is 6.59. The van der Waals surface area contributed by atoms with Crippen molar-refractivity contribution >= 4 is 33.3 Å². The van der Waals surface area contributed by atoms with Gasteiger partial charge in [0.1, 0.15) is 10.6 Å². The highest BCUT2D eigenvalue weighted by atomic mass is 32.1. The second-order valence-electron chi connectivity index (χ2n) is 10.7. The van der Waals surface area contributed by atoms with Crippen molar-refractivity contribution in [3.8, 4) is 11.1 Å². The smallest absolute Gasteiger partial charge is 0.228 e. The molecule has 2 saturated heterocycles. The van der Waals surface area contributed by atoms with Gasteiger partial charge in [-0.15, -0.1) is 11.3 Å². The SMILES string of the molecule is CN1CCN(c2nc(N3CCC(CC4(N)CCC4)CC3)c3c(-c4ccccc4)csc3n2)CC1. The Labute approximate surface area is 206 Å². The Balaban J connectivity index is 1.33. The van der Waals surface area contributed by atoms with Crippen LogP contribution in [-0.4, -0.2) is 66.7 Å². The van der Waals surface area contributed by atoms with Gasteiger partial charge in [0, 0.05) is 55.8 Å². The number of benzene rings is 1. The number of nitrogens with zero attached hydrogens (tertiary/aromatic N) is 5. The maximum Gasteiger partial charge on any atom is 0.228 e. The topological polar surface area (TPSA) is 61.5 Å². The third kappa shape index (κ3) is 4.30. The van der Waals surface area contributed by atoms with Crippen molar-refractivity contribution in [1.82, 2.24) is 14.9 Å². The number of piperazine rings is 1. The lowest BCUT2D eigenvalue weighted by Gasteiger charge is -2.43. The number of hydrogen-bond acceptors (Lipinski definition) is 7. The van der Waals surface area contributed by atoms with Gasteiger partial charge in [-0.25, -0.2) is 4.98 Å². The molecular weight excluding hydrogens is 440 g/mol. The van der Waals surface area contributed by atoms with Crippen molar-refractivity contribution in [2.24, 2.45) is 11.7 Å². The van der Waals surface area contributed by atoms with E-state index in [0.29, 0.717) is 0 Å². The van der Waals surface area contributed by atoms with Crippen molar-refractivity contribution in [2.45, 2.75) is 44.1 Å². The summed E-state index contributed by atoms with van der Waals surface area (Å²) in [6.07, 6.45) is 7.34. The molecule has 6 nitrogen and oxygen atoms in total. The van der Waals surface area contributed by atoms with E-state index in [1.54, 1.807) is 11.3 Å². The molecule has 6 rings (SSSR count). The molecule has 4 heterocycles. The predicted molar refractivity (Wildman–Crippen MR) is 143 cm³/mol. The number of hydrogen-bond donors (Lipinski definition) is 1. The highest BCUT2D eigenvalue weighted by molar-refractivity contribution is 7.17. The molecular formula is C27H36N6S. The van der Waals surface area contributed by atoms with Crippen molar-refractivity contribution in [1.29, 1.82) is 0 Å². The van der Waals surface area contributed by atoms with E-state index >= 15 is 0 Å². The maximum atomic E-state index is 6.59. The fraction of sp³-hybridized carbons (Fsp3) is 0.556. The molecule has 3 aliphatic rings. The van der Waals surface area contributed by atoms with E-state index in [9.17, 15) is 0 Å². The molecule has 0 bridgehead atoms. The molecule has 0 unspecified atom stereocenters. The number of piperidine rings is 1. The number of aromatic nitrogens is 2. The predicted octanol–water partition coefficient (Wildman–Crippen LogP) is 4.60. The Bertz CT molecular complexity index is 1120. The largest absolute Gasteiger partial charge is 0.356 e. The summed E-state index contributed by atoms with van der Waals surface area (Å²) < 4.78 is 0. The van der Waals surface area contributed by atoms with Gasteiger partial charge in [0.05, 0.1) is 5.39 Å². The average molecular weight is 477 g/mol. The monoisotopic (exact) mass is 476 g/mol. The van der Waals surface area contributed by atoms with Gasteiger partial charge < -0.3 is 20.4 Å². The summed E-state index contributed by atoms with van der Waals surface area (Å²) in [6, 6.07) is 10.7. The van der Waals surface area contributed by atoms with Crippen LogP contribution in [0.1, 0.15) is 38.5 Å². The van der Waals surface area contributed by atoms with Crippen LogP contribution in [0.2, 0.25) is 0 Å². The summed E-state index contributed by atoms with van der Waals surface area (Å²) in [4.78, 5) is 18.7. The van der Waals surface area contributed by atoms with E-state index in [1.165, 1.54) is 55.0 Å². The number of thiophene rings is 1. The zero-order valence-corrected chi connectivity index (χ0v) is 21.1. The molecule has 2 aliphatic heterocycles. The highest BCUT2D eigenvalue weighted by Crippen LogP contribution is 2.42. The number of fused-ring (bicyclic) bond motifs is 1. The molecule has 0 radical (unpaired) electrons. The highest BCUT2D eigenvalue weighted by Gasteiger charge is 2.36. The van der Waals surface area contributed by atoms with Crippen molar-refractivity contribution < 1.29 is 0 Å². The molecule has 3 fully saturated rings. The zero-order valence-electron chi connectivity index (χ0n) is 20.2. The van der Waals surface area contributed by atoms with E-state index in [-0.39, 0.29) is 5.54 Å². The Morgan fingerprint density at radius 3 is 2.38 bits per heavy atom. The third-order valence-electron chi connectivity index (χ3n) is 8.23. The first-order valence-corrected chi connectivity index (χ1v) is 13.8. The second kappa shape index (κ2) is 9.10. The number of nitrogens with two attached hydrogens (primary N) is 1. The standard InChI is InChI=1S/C27H36N6S/c1-31-14-16-33(17-15-31)26-29-24(32-12-8-20(9-13-32)18-27(28)10-5-11-27)23-22(19-34-25(23)30-26)21-6-3-2-4-7-21/h2-4,6-7,19-20H,5,8-18,28H2,1H3. The van der Waals surface area contributed by atoms with Crippen LogP contribution in [0.25, 0.3) is 21.3 Å². The molecule has 0 amide bonds. The van der Waals surface area contributed by atoms with E-state index in [0.717, 1.165) is 61.8 Å². The van der Waals surface area contributed by atoms with Crippen LogP contribution in [0, 0.1) is 5.92 Å². The van der Waals surface area contributed by atoms with Crippen LogP contribution in [0.4, 0.5) is 11.8 Å². The van der Waals surface area contributed by atoms with E-state index in [4.69, 9.17) is 15.7 Å². The van der Waals surface area contributed by atoms with Gasteiger partial charge in [0.25, 0.3) is 0 Å². The van der Waals surface area contributed by atoms with Crippen LogP contribution in [0.15, 0.2) is 35.7 Å². The minimum absolute atomic E-state index is 0.122. The summed E-state index contributed by atoms with van der Waals surface area (Å²) in [5, 5.41) is 3.50. The molecule has 7 heteroatoms. The van der Waals surface area contributed by atoms with Gasteiger partial charge in [-0.3, -0.25) is 0 Å². The first-order valence-electron chi connectivity index (χ1n) is 12.9. The van der Waals surface area contributed by atoms with Gasteiger partial charge >= 0.3 is 0 Å². The molecule has 0 spiro atoms. The van der Waals surface area contributed by atoms with Crippen molar-refractivity contribution in [2.75, 3.05) is 56.1 Å². The third-order valence-corrected chi connectivity index (χ3v) is 9.10. The lowest BCUT2D eigenvalue weighted by molar-refractivity contribution is 0.181. The molecule has 1 saturated carbocycles. The van der Waals surface area contributed by atoms with Gasteiger partial charge in [0.2, 0.25) is 5.95 Å². The van der Waals surface area contributed by atoms with Gasteiger partial charge in [-0.05, 0) is 57.1 Å². The van der Waals surface area contributed by atoms with Crippen molar-refractivity contribution in [3.05, 3.63) is 35.7 Å². The normalized spacial score (nSPS) is 21.7. The summed E-state index contributed by atoms with van der Waals surface area (Å²) in [7, 11) is 2.19. The molecule has 3 aromatic rings. The average Bonchev–Trinajstić information content (AvgIpc) is 3.28. The quantitative estimate of drug-likeness (QED) is 0.581. The van der Waals surface area contributed by atoms with Crippen LogP contribution in [0.5, 0.6) is 0 Å². The summed E-state index contributed by atoms with van der Waals surface area (Å²) in [5.74, 6) is 2.77. The number of likely N-dealkylation sites (N-methyl/N-ethyl adjacent to an activating group) is 1. The van der Waals surface area contributed by atoms with Crippen LogP contribution in [-0.2, 0) is 0 Å². The van der Waals surface area contributed by atoms with Crippen LogP contribution in [0.3, 0.4) is 0 Å². The summed E-state index contributed by atoms with van der Waals surface area (Å²) >= 11 is 1.75. The molecule has 2 N–H and O–H groups in total. The molecule has 1 aliphatic carbocycles. The molecule has 2 aromatic heterocycles. The summed E-state index contributed by atoms with van der Waals surface area (Å²) in [6.45, 7) is 6.20. The number of anilines is 2. The molecule has 0 atom stereocenters. The Morgan fingerprint density at radius 1 is 0.971 bits per heavy atom. The van der Waals surface area contributed by atoms with Gasteiger partial charge in [-0.2, -0.15) is 4.98 Å². The Morgan fingerprint density at radius 2 is 1.71 bits per heavy atom. The zero-order chi connectivity index (χ0) is 23.1. The molecule has 1 aromatic carbocycles. The summed E-state index contributed by atoms with van der Waals surface area (Å²) in [5.41, 5.74) is 9.23. The second-order valence-corrected chi connectivity index (χ2v) is 11.5. The van der Waals surface area contributed by atoms with Crippen molar-refractivity contribution in [3.63, 3.8) is 0 Å². The van der Waals surface area contributed by atoms with E-state index < -0.39 is 0 Å². The molecule has 180 valence electrons. The lowest BCUT2D eigenvalue weighted by atomic mass is 9.70. The van der Waals surface area contributed by atoms with E-state index in [1.807, 2.05) is 0 Å². The first-order chi connectivity index (χ1) is 16.6. The fourth-order valence-electron chi connectivity index (χ4n) is 5.88.